The molecule has 0 saturated carbocycles. The number of rotatable bonds is 4. The lowest BCUT2D eigenvalue weighted by Gasteiger charge is -2.24. The van der Waals surface area contributed by atoms with Crippen molar-refractivity contribution in [2.45, 2.75) is 6.10 Å². The highest BCUT2D eigenvalue weighted by atomic mass is 19.1. The van der Waals surface area contributed by atoms with E-state index < -0.39 is 23.6 Å². The Morgan fingerprint density at radius 3 is 2.18 bits per heavy atom. The molecule has 2 aromatic rings. The van der Waals surface area contributed by atoms with Crippen LogP contribution in [0.25, 0.3) is 0 Å². The molecule has 114 valence electrons. The normalized spacial score (nSPS) is 11.8. The van der Waals surface area contributed by atoms with Crippen LogP contribution in [-0.4, -0.2) is 18.7 Å². The van der Waals surface area contributed by atoms with Crippen LogP contribution >= 0.6 is 0 Å². The van der Waals surface area contributed by atoms with Crippen molar-refractivity contribution in [1.82, 2.24) is 0 Å². The molecule has 0 aliphatic carbocycles. The Kier molecular flexibility index (Phi) is 4.68. The van der Waals surface area contributed by atoms with Gasteiger partial charge in [0.05, 0.1) is 17.7 Å². The molecule has 0 amide bonds. The molecule has 0 bridgehead atoms. The van der Waals surface area contributed by atoms with Crippen molar-refractivity contribution in [1.29, 1.82) is 5.26 Å². The fraction of sp³-hybridized carbons (Fsp3) is 0.188. The highest BCUT2D eigenvalue weighted by molar-refractivity contribution is 5.52. The summed E-state index contributed by atoms with van der Waals surface area (Å²) in [7, 11) is 1.42. The number of nitrogens with zero attached hydrogens (tertiary/aromatic N) is 2. The first-order valence-electron chi connectivity index (χ1n) is 6.46. The lowest BCUT2D eigenvalue weighted by atomic mass is 10.1. The highest BCUT2D eigenvalue weighted by Gasteiger charge is 2.18. The number of aliphatic hydroxyl groups is 1. The van der Waals surface area contributed by atoms with Crippen LogP contribution in [0, 0.1) is 28.8 Å². The van der Waals surface area contributed by atoms with Gasteiger partial charge < -0.3 is 10.0 Å². The maximum atomic E-state index is 13.9. The van der Waals surface area contributed by atoms with E-state index in [9.17, 15) is 18.3 Å². The van der Waals surface area contributed by atoms with E-state index in [0.717, 1.165) is 12.1 Å². The molecule has 0 aromatic heterocycles. The number of nitriles is 1. The van der Waals surface area contributed by atoms with E-state index in [-0.39, 0.29) is 17.8 Å². The lowest BCUT2D eigenvalue weighted by molar-refractivity contribution is 0.184. The second kappa shape index (κ2) is 6.50. The van der Waals surface area contributed by atoms with E-state index in [4.69, 9.17) is 5.26 Å². The van der Waals surface area contributed by atoms with Gasteiger partial charge in [0.1, 0.15) is 11.5 Å². The average Bonchev–Trinajstić information content (AvgIpc) is 2.46. The average molecular weight is 306 g/mol. The predicted octanol–water partition coefficient (Wildman–Crippen LogP) is 3.15. The summed E-state index contributed by atoms with van der Waals surface area (Å²) >= 11 is 0. The van der Waals surface area contributed by atoms with E-state index in [1.54, 1.807) is 6.07 Å². The molecule has 0 saturated heterocycles. The summed E-state index contributed by atoms with van der Waals surface area (Å²) in [5, 5.41) is 18.7. The van der Waals surface area contributed by atoms with Gasteiger partial charge in [-0.3, -0.25) is 0 Å². The van der Waals surface area contributed by atoms with Crippen molar-refractivity contribution in [2.24, 2.45) is 0 Å². The van der Waals surface area contributed by atoms with Crippen LogP contribution in [0.3, 0.4) is 0 Å². The number of halogens is 3. The van der Waals surface area contributed by atoms with Crippen LogP contribution in [0.5, 0.6) is 0 Å². The van der Waals surface area contributed by atoms with Crippen molar-refractivity contribution in [2.75, 3.05) is 18.5 Å². The number of anilines is 1. The first-order valence-corrected chi connectivity index (χ1v) is 6.46. The first-order chi connectivity index (χ1) is 10.4. The van der Waals surface area contributed by atoms with Crippen LogP contribution in [0.2, 0.25) is 0 Å². The maximum absolute atomic E-state index is 13.9. The molecule has 0 spiro atoms. The standard InChI is InChI=1S/C16H13F3N2O/c1-21(9-15(22)11-2-4-12(17)5-3-11)16-13(18)6-10(8-20)7-14(16)19/h2-7,15,22H,9H2,1H3. The summed E-state index contributed by atoms with van der Waals surface area (Å²) in [5.41, 5.74) is -0.0193. The van der Waals surface area contributed by atoms with Gasteiger partial charge in [0, 0.05) is 13.6 Å². The van der Waals surface area contributed by atoms with Crippen molar-refractivity contribution in [3.63, 3.8) is 0 Å². The van der Waals surface area contributed by atoms with E-state index in [1.807, 2.05) is 0 Å². The molecular weight excluding hydrogens is 293 g/mol. The third kappa shape index (κ3) is 3.38. The second-order valence-electron chi connectivity index (χ2n) is 4.85. The molecule has 2 rings (SSSR count). The molecule has 2 aromatic carbocycles. The molecule has 0 heterocycles. The van der Waals surface area contributed by atoms with E-state index in [2.05, 4.69) is 0 Å². The summed E-state index contributed by atoms with van der Waals surface area (Å²) in [6.07, 6.45) is -1.04. The van der Waals surface area contributed by atoms with Gasteiger partial charge in [0.2, 0.25) is 0 Å². The zero-order valence-corrected chi connectivity index (χ0v) is 11.7. The molecule has 1 atom stereocenters. The summed E-state index contributed by atoms with van der Waals surface area (Å²) in [5.74, 6) is -2.20. The van der Waals surface area contributed by atoms with Crippen LogP contribution in [0.1, 0.15) is 17.2 Å². The fourth-order valence-electron chi connectivity index (χ4n) is 2.14. The summed E-state index contributed by atoms with van der Waals surface area (Å²) in [6.45, 7) is -0.0919. The number of aliphatic hydroxyl groups excluding tert-OH is 1. The Labute approximate surface area is 125 Å². The molecule has 6 heteroatoms. The van der Waals surface area contributed by atoms with E-state index >= 15 is 0 Å². The third-order valence-corrected chi connectivity index (χ3v) is 3.23. The summed E-state index contributed by atoms with van der Waals surface area (Å²) in [4.78, 5) is 1.21. The van der Waals surface area contributed by atoms with Crippen LogP contribution in [-0.2, 0) is 0 Å². The number of benzene rings is 2. The zero-order valence-electron chi connectivity index (χ0n) is 11.7. The predicted molar refractivity (Wildman–Crippen MR) is 75.7 cm³/mol. The van der Waals surface area contributed by atoms with E-state index in [0.29, 0.717) is 5.56 Å². The number of hydrogen-bond acceptors (Lipinski definition) is 3. The Morgan fingerprint density at radius 1 is 1.14 bits per heavy atom. The van der Waals surface area contributed by atoms with Crippen molar-refractivity contribution in [3.8, 4) is 6.07 Å². The van der Waals surface area contributed by atoms with Gasteiger partial charge in [-0.05, 0) is 29.8 Å². The topological polar surface area (TPSA) is 47.3 Å². The Bertz CT molecular complexity index is 687. The molecule has 22 heavy (non-hydrogen) atoms. The second-order valence-corrected chi connectivity index (χ2v) is 4.85. The van der Waals surface area contributed by atoms with Crippen molar-refractivity contribution < 1.29 is 18.3 Å². The maximum Gasteiger partial charge on any atom is 0.150 e. The lowest BCUT2D eigenvalue weighted by Crippen LogP contribution is -2.26. The van der Waals surface area contributed by atoms with Gasteiger partial charge in [0.15, 0.2) is 11.6 Å². The molecule has 0 radical (unpaired) electrons. The van der Waals surface area contributed by atoms with Gasteiger partial charge >= 0.3 is 0 Å². The minimum absolute atomic E-state index is 0.0919. The molecular formula is C16H13F3N2O. The van der Waals surface area contributed by atoms with Gasteiger partial charge in [0.25, 0.3) is 0 Å². The van der Waals surface area contributed by atoms with Gasteiger partial charge in [-0.1, -0.05) is 12.1 Å². The zero-order chi connectivity index (χ0) is 16.3. The Balaban J connectivity index is 2.20. The van der Waals surface area contributed by atoms with E-state index in [1.165, 1.54) is 36.2 Å². The van der Waals surface area contributed by atoms with Crippen molar-refractivity contribution >= 4 is 5.69 Å². The van der Waals surface area contributed by atoms with Gasteiger partial charge in [-0.15, -0.1) is 0 Å². The quantitative estimate of drug-likeness (QED) is 0.944. The van der Waals surface area contributed by atoms with Crippen LogP contribution < -0.4 is 4.90 Å². The Morgan fingerprint density at radius 2 is 1.68 bits per heavy atom. The number of hydrogen-bond donors (Lipinski definition) is 1. The van der Waals surface area contributed by atoms with Gasteiger partial charge in [-0.2, -0.15) is 5.26 Å². The summed E-state index contributed by atoms with van der Waals surface area (Å²) in [6, 6.07) is 8.72. The fourth-order valence-corrected chi connectivity index (χ4v) is 2.14. The SMILES string of the molecule is CN(CC(O)c1ccc(F)cc1)c1c(F)cc(C#N)cc1F. The minimum atomic E-state index is -1.04. The monoisotopic (exact) mass is 306 g/mol. The third-order valence-electron chi connectivity index (χ3n) is 3.23. The highest BCUT2D eigenvalue weighted by Crippen LogP contribution is 2.26. The Hall–Kier alpha value is -2.52. The number of likely N-dealkylation sites (N-methyl/N-ethyl adjacent to an activating group) is 1. The van der Waals surface area contributed by atoms with Crippen molar-refractivity contribution in [3.05, 3.63) is 65.0 Å². The largest absolute Gasteiger partial charge is 0.387 e. The van der Waals surface area contributed by atoms with Crippen LogP contribution in [0.4, 0.5) is 18.9 Å². The van der Waals surface area contributed by atoms with Crippen LogP contribution in [0.15, 0.2) is 36.4 Å². The molecule has 1 unspecified atom stereocenters. The molecule has 0 aliphatic rings. The summed E-state index contributed by atoms with van der Waals surface area (Å²) < 4.78 is 40.6. The molecule has 3 nitrogen and oxygen atoms in total. The first kappa shape index (κ1) is 15.9. The smallest absolute Gasteiger partial charge is 0.150 e. The van der Waals surface area contributed by atoms with Gasteiger partial charge in [-0.25, -0.2) is 13.2 Å². The molecule has 0 fully saturated rings. The minimum Gasteiger partial charge on any atom is -0.387 e. The molecule has 1 N–H and O–H groups in total. The molecule has 0 aliphatic heterocycles.